The first kappa shape index (κ1) is 23.8. The minimum Gasteiger partial charge on any atom is -0.353 e. The molecule has 0 radical (unpaired) electrons. The van der Waals surface area contributed by atoms with E-state index >= 15 is 0 Å². The summed E-state index contributed by atoms with van der Waals surface area (Å²) in [4.78, 5) is 11.6. The molecule has 0 heterocycles. The van der Waals surface area contributed by atoms with Crippen molar-refractivity contribution >= 4 is 28.3 Å². The van der Waals surface area contributed by atoms with Crippen molar-refractivity contribution in [2.24, 2.45) is 0 Å². The number of halogens is 2. The van der Waals surface area contributed by atoms with Crippen LogP contribution < -0.4 is 15.4 Å². The normalized spacial score (nSPS) is 16.8. The highest BCUT2D eigenvalue weighted by atomic mass is 35.5. The third-order valence-electron chi connectivity index (χ3n) is 4.56. The lowest BCUT2D eigenvalue weighted by Crippen LogP contribution is -2.46. The molecule has 9 heteroatoms. The maximum Gasteiger partial charge on any atom is 0.244 e. The van der Waals surface area contributed by atoms with E-state index in [1.165, 1.54) is 50.8 Å². The zero-order valence-electron chi connectivity index (χ0n) is 15.5. The molecule has 1 atom stereocenters. The molecule has 154 valence electrons. The number of carbonyl (C=O) groups excluding carboxylic acids is 1. The summed E-state index contributed by atoms with van der Waals surface area (Å²) in [6.07, 6.45) is 7.36. The fourth-order valence-electron chi connectivity index (χ4n) is 3.11. The van der Waals surface area contributed by atoms with E-state index in [0.717, 1.165) is 18.9 Å². The average Bonchev–Trinajstić information content (AvgIpc) is 2.87. The number of hydrogen-bond donors (Lipinski definition) is 3. The Bertz CT molecular complexity index is 695. The largest absolute Gasteiger partial charge is 0.353 e. The van der Waals surface area contributed by atoms with Crippen molar-refractivity contribution in [1.29, 1.82) is 0 Å². The Hall–Kier alpha value is -1.22. The molecule has 6 nitrogen and oxygen atoms in total. The van der Waals surface area contributed by atoms with Crippen molar-refractivity contribution < 1.29 is 17.6 Å². The first-order chi connectivity index (χ1) is 12.4. The minimum atomic E-state index is -4.09. The van der Waals surface area contributed by atoms with Gasteiger partial charge in [0.15, 0.2) is 0 Å². The van der Waals surface area contributed by atoms with Gasteiger partial charge in [0.1, 0.15) is 10.7 Å². The van der Waals surface area contributed by atoms with Crippen molar-refractivity contribution in [2.45, 2.75) is 62.4 Å². The topological polar surface area (TPSA) is 87.3 Å². The minimum absolute atomic E-state index is 0. The Balaban J connectivity index is 0.00000364. The summed E-state index contributed by atoms with van der Waals surface area (Å²) in [5.41, 5.74) is 0. The molecule has 0 aromatic heterocycles. The van der Waals surface area contributed by atoms with Gasteiger partial charge in [-0.15, -0.1) is 12.4 Å². The van der Waals surface area contributed by atoms with Crippen molar-refractivity contribution in [1.82, 2.24) is 15.4 Å². The van der Waals surface area contributed by atoms with Gasteiger partial charge in [0.2, 0.25) is 15.9 Å². The number of sulfonamides is 1. The second-order valence-electron chi connectivity index (χ2n) is 6.71. The molecule has 1 aliphatic rings. The Morgan fingerprint density at radius 3 is 2.41 bits per heavy atom. The van der Waals surface area contributed by atoms with Gasteiger partial charge in [0.05, 0.1) is 6.04 Å². The van der Waals surface area contributed by atoms with Crippen LogP contribution >= 0.6 is 12.4 Å². The fraction of sp³-hybridized carbons (Fsp3) is 0.611. The van der Waals surface area contributed by atoms with E-state index in [0.29, 0.717) is 19.1 Å². The molecular weight excluding hydrogens is 393 g/mol. The van der Waals surface area contributed by atoms with E-state index < -0.39 is 32.7 Å². The summed E-state index contributed by atoms with van der Waals surface area (Å²) in [7, 11) is -4.09. The number of nitrogens with one attached hydrogen (secondary N) is 3. The molecule has 1 unspecified atom stereocenters. The fourth-order valence-corrected chi connectivity index (χ4v) is 4.39. The summed E-state index contributed by atoms with van der Waals surface area (Å²) in [5.74, 6) is -1.28. The van der Waals surface area contributed by atoms with Crippen molar-refractivity contribution in [3.63, 3.8) is 0 Å². The van der Waals surface area contributed by atoms with Crippen LogP contribution in [0.4, 0.5) is 4.39 Å². The Kier molecular flexibility index (Phi) is 10.2. The molecule has 27 heavy (non-hydrogen) atoms. The monoisotopic (exact) mass is 421 g/mol. The Morgan fingerprint density at radius 1 is 1.15 bits per heavy atom. The predicted molar refractivity (Wildman–Crippen MR) is 106 cm³/mol. The molecular formula is C18H29ClFN3O3S. The van der Waals surface area contributed by atoms with Gasteiger partial charge in [-0.3, -0.25) is 4.79 Å². The molecule has 1 saturated carbocycles. The summed E-state index contributed by atoms with van der Waals surface area (Å²) in [6.45, 7) is 2.50. The zero-order chi connectivity index (χ0) is 19.0. The quantitative estimate of drug-likeness (QED) is 0.444. The zero-order valence-corrected chi connectivity index (χ0v) is 17.2. The molecule has 1 aliphatic carbocycles. The standard InChI is InChI=1S/C18H28FN3O3S.ClH/c1-14(22-26(24,25)17-11-7-6-10-16(17)19)18(23)21-13-12-20-15-8-4-2-3-5-9-15;/h6-7,10-11,14-15,20,22H,2-5,8-9,12-13H2,1H3,(H,21,23);1H. The van der Waals surface area contributed by atoms with Crippen LogP contribution in [0.15, 0.2) is 29.2 Å². The maximum atomic E-state index is 13.7. The molecule has 1 aromatic carbocycles. The van der Waals surface area contributed by atoms with E-state index in [-0.39, 0.29) is 12.4 Å². The molecule has 0 bridgehead atoms. The highest BCUT2D eigenvalue weighted by Gasteiger charge is 2.24. The van der Waals surface area contributed by atoms with Gasteiger partial charge in [-0.05, 0) is 31.9 Å². The van der Waals surface area contributed by atoms with Crippen LogP contribution in [0.3, 0.4) is 0 Å². The Morgan fingerprint density at radius 2 is 1.78 bits per heavy atom. The second-order valence-corrected chi connectivity index (χ2v) is 8.39. The molecule has 2 rings (SSSR count). The van der Waals surface area contributed by atoms with Gasteiger partial charge in [-0.2, -0.15) is 4.72 Å². The van der Waals surface area contributed by atoms with Crippen LogP contribution in [-0.2, 0) is 14.8 Å². The number of carbonyl (C=O) groups is 1. The highest BCUT2D eigenvalue weighted by molar-refractivity contribution is 7.89. The first-order valence-corrected chi connectivity index (χ1v) is 10.7. The van der Waals surface area contributed by atoms with Gasteiger partial charge in [-0.1, -0.05) is 37.8 Å². The summed E-state index contributed by atoms with van der Waals surface area (Å²) < 4.78 is 40.3. The van der Waals surface area contributed by atoms with E-state index in [1.54, 1.807) is 0 Å². The summed E-state index contributed by atoms with van der Waals surface area (Å²) in [5, 5.41) is 6.14. The van der Waals surface area contributed by atoms with E-state index in [2.05, 4.69) is 15.4 Å². The molecule has 3 N–H and O–H groups in total. The molecule has 1 fully saturated rings. The van der Waals surface area contributed by atoms with Gasteiger partial charge < -0.3 is 10.6 Å². The van der Waals surface area contributed by atoms with E-state index in [9.17, 15) is 17.6 Å². The molecule has 0 aliphatic heterocycles. The molecule has 1 aromatic rings. The van der Waals surface area contributed by atoms with Gasteiger partial charge in [-0.25, -0.2) is 12.8 Å². The van der Waals surface area contributed by atoms with Crippen molar-refractivity contribution in [2.75, 3.05) is 13.1 Å². The molecule has 0 spiro atoms. The molecule has 1 amide bonds. The first-order valence-electron chi connectivity index (χ1n) is 9.18. The molecule has 0 saturated heterocycles. The smallest absolute Gasteiger partial charge is 0.244 e. The maximum absolute atomic E-state index is 13.7. The van der Waals surface area contributed by atoms with Crippen LogP contribution in [0.25, 0.3) is 0 Å². The Labute approximate surface area is 167 Å². The lowest BCUT2D eigenvalue weighted by Gasteiger charge is -2.18. The average molecular weight is 422 g/mol. The highest BCUT2D eigenvalue weighted by Crippen LogP contribution is 2.17. The van der Waals surface area contributed by atoms with Crippen LogP contribution in [0.5, 0.6) is 0 Å². The van der Waals surface area contributed by atoms with Crippen LogP contribution in [0.1, 0.15) is 45.4 Å². The number of rotatable bonds is 8. The second kappa shape index (κ2) is 11.6. The predicted octanol–water partition coefficient (Wildman–Crippen LogP) is 2.34. The number of benzene rings is 1. The number of amides is 1. The van der Waals surface area contributed by atoms with Crippen molar-refractivity contribution in [3.05, 3.63) is 30.1 Å². The summed E-state index contributed by atoms with van der Waals surface area (Å²) in [6, 6.07) is 4.58. The summed E-state index contributed by atoms with van der Waals surface area (Å²) >= 11 is 0. The van der Waals surface area contributed by atoms with Crippen LogP contribution in [-0.4, -0.2) is 39.5 Å². The SMILES string of the molecule is CC(NS(=O)(=O)c1ccccc1F)C(=O)NCCNC1CCCCCC1.Cl. The van der Waals surface area contributed by atoms with Gasteiger partial charge in [0, 0.05) is 19.1 Å². The van der Waals surface area contributed by atoms with Crippen LogP contribution in [0.2, 0.25) is 0 Å². The van der Waals surface area contributed by atoms with Crippen LogP contribution in [0, 0.1) is 5.82 Å². The van der Waals surface area contributed by atoms with Crippen molar-refractivity contribution in [3.8, 4) is 0 Å². The third-order valence-corrected chi connectivity index (χ3v) is 6.14. The lowest BCUT2D eigenvalue weighted by atomic mass is 10.1. The number of hydrogen-bond acceptors (Lipinski definition) is 4. The van der Waals surface area contributed by atoms with Gasteiger partial charge >= 0.3 is 0 Å². The van der Waals surface area contributed by atoms with Gasteiger partial charge in [0.25, 0.3) is 0 Å². The van der Waals surface area contributed by atoms with E-state index in [4.69, 9.17) is 0 Å². The third kappa shape index (κ3) is 7.73. The lowest BCUT2D eigenvalue weighted by molar-refractivity contribution is -0.122. The van der Waals surface area contributed by atoms with E-state index in [1.807, 2.05) is 0 Å².